The third kappa shape index (κ3) is 5.33. The van der Waals surface area contributed by atoms with Crippen LogP contribution in [0.5, 0.6) is 0 Å². The largest absolute Gasteiger partial charge is 0.107 e. The number of hydrogen-bond acceptors (Lipinski definition) is 0. The maximum Gasteiger partial charge on any atom is 0.107 e. The van der Waals surface area contributed by atoms with Crippen molar-refractivity contribution in [2.75, 3.05) is 18.3 Å². The van der Waals surface area contributed by atoms with Crippen molar-refractivity contribution >= 4 is 10.9 Å². The Balaban J connectivity index is 2.05. The molecule has 0 spiro atoms. The topological polar surface area (TPSA) is 0 Å². The summed E-state index contributed by atoms with van der Waals surface area (Å²) in [5.74, 6) is 1.41. The number of aryl methyl sites for hydroxylation is 1. The average molecular weight is 209 g/mol. The Bertz CT molecular complexity index is 228. The SMILES string of the molecule is C[S+](C)CCCCCc1ccccc1. The molecular formula is C13H21S+. The first kappa shape index (κ1) is 11.6. The van der Waals surface area contributed by atoms with Gasteiger partial charge < -0.3 is 0 Å². The minimum atomic E-state index is 0.636. The van der Waals surface area contributed by atoms with Crippen molar-refractivity contribution < 1.29 is 0 Å². The Morgan fingerprint density at radius 3 is 2.29 bits per heavy atom. The lowest BCUT2D eigenvalue weighted by atomic mass is 10.1. The van der Waals surface area contributed by atoms with Crippen LogP contribution in [0, 0.1) is 0 Å². The molecular weight excluding hydrogens is 188 g/mol. The Morgan fingerprint density at radius 1 is 0.929 bits per heavy atom. The zero-order chi connectivity index (χ0) is 10.2. The van der Waals surface area contributed by atoms with Gasteiger partial charge in [-0.3, -0.25) is 0 Å². The maximum absolute atomic E-state index is 2.33. The Labute approximate surface area is 91.1 Å². The smallest absolute Gasteiger partial charge is 0.0622 e. The van der Waals surface area contributed by atoms with E-state index in [1.54, 1.807) is 0 Å². The van der Waals surface area contributed by atoms with Crippen LogP contribution in [0.15, 0.2) is 30.3 Å². The van der Waals surface area contributed by atoms with Crippen molar-refractivity contribution in [1.29, 1.82) is 0 Å². The molecule has 1 rings (SSSR count). The fraction of sp³-hybridized carbons (Fsp3) is 0.538. The highest BCUT2D eigenvalue weighted by Gasteiger charge is 2.00. The second-order valence-electron chi connectivity index (χ2n) is 3.99. The number of benzene rings is 1. The molecule has 1 aromatic rings. The third-order valence-corrected chi connectivity index (χ3v) is 3.47. The van der Waals surface area contributed by atoms with Crippen molar-refractivity contribution in [2.45, 2.75) is 25.7 Å². The van der Waals surface area contributed by atoms with E-state index in [1.165, 1.54) is 37.0 Å². The summed E-state index contributed by atoms with van der Waals surface area (Å²) in [6.07, 6.45) is 10.1. The Kier molecular flexibility index (Phi) is 5.77. The van der Waals surface area contributed by atoms with E-state index in [9.17, 15) is 0 Å². The number of unbranched alkanes of at least 4 members (excludes halogenated alkanes) is 2. The van der Waals surface area contributed by atoms with Crippen molar-refractivity contribution in [1.82, 2.24) is 0 Å². The minimum absolute atomic E-state index is 0.636. The molecule has 0 unspecified atom stereocenters. The molecule has 0 atom stereocenters. The number of hydrogen-bond donors (Lipinski definition) is 0. The van der Waals surface area contributed by atoms with Crippen LogP contribution in [0.2, 0.25) is 0 Å². The minimum Gasteiger partial charge on any atom is -0.0622 e. The van der Waals surface area contributed by atoms with Gasteiger partial charge >= 0.3 is 0 Å². The van der Waals surface area contributed by atoms with Crippen LogP contribution in [0.4, 0.5) is 0 Å². The summed E-state index contributed by atoms with van der Waals surface area (Å²) in [5.41, 5.74) is 1.49. The monoisotopic (exact) mass is 209 g/mol. The van der Waals surface area contributed by atoms with E-state index in [4.69, 9.17) is 0 Å². The lowest BCUT2D eigenvalue weighted by Gasteiger charge is -2.00. The van der Waals surface area contributed by atoms with Crippen molar-refractivity contribution in [3.63, 3.8) is 0 Å². The van der Waals surface area contributed by atoms with Gasteiger partial charge in [-0.05, 0) is 42.1 Å². The second-order valence-corrected chi connectivity index (χ2v) is 6.37. The van der Waals surface area contributed by atoms with Gasteiger partial charge in [-0.25, -0.2) is 0 Å². The molecule has 0 aliphatic heterocycles. The fourth-order valence-electron chi connectivity index (χ4n) is 1.54. The summed E-state index contributed by atoms with van der Waals surface area (Å²) in [4.78, 5) is 0. The van der Waals surface area contributed by atoms with E-state index >= 15 is 0 Å². The first-order valence-corrected chi connectivity index (χ1v) is 7.58. The molecule has 0 nitrogen and oxygen atoms in total. The van der Waals surface area contributed by atoms with E-state index in [0.717, 1.165) is 0 Å². The van der Waals surface area contributed by atoms with E-state index in [1.807, 2.05) is 0 Å². The van der Waals surface area contributed by atoms with E-state index < -0.39 is 0 Å². The highest BCUT2D eigenvalue weighted by Crippen LogP contribution is 2.06. The average Bonchev–Trinajstić information content (AvgIpc) is 2.18. The first-order chi connectivity index (χ1) is 6.79. The van der Waals surface area contributed by atoms with Gasteiger partial charge in [0.1, 0.15) is 5.75 Å². The lowest BCUT2D eigenvalue weighted by Crippen LogP contribution is -2.01. The van der Waals surface area contributed by atoms with Crippen LogP contribution in [-0.2, 0) is 17.3 Å². The van der Waals surface area contributed by atoms with Crippen LogP contribution >= 0.6 is 0 Å². The van der Waals surface area contributed by atoms with E-state index in [0.29, 0.717) is 10.9 Å². The van der Waals surface area contributed by atoms with Gasteiger partial charge in [0.25, 0.3) is 0 Å². The van der Waals surface area contributed by atoms with Gasteiger partial charge in [-0.15, -0.1) is 0 Å². The van der Waals surface area contributed by atoms with Crippen LogP contribution in [0.25, 0.3) is 0 Å². The van der Waals surface area contributed by atoms with Crippen LogP contribution in [0.1, 0.15) is 24.8 Å². The van der Waals surface area contributed by atoms with Gasteiger partial charge in [-0.2, -0.15) is 0 Å². The number of rotatable bonds is 6. The van der Waals surface area contributed by atoms with Gasteiger partial charge in [0, 0.05) is 0 Å². The molecule has 1 heteroatoms. The molecule has 0 fully saturated rings. The highest BCUT2D eigenvalue weighted by molar-refractivity contribution is 7.95. The summed E-state index contributed by atoms with van der Waals surface area (Å²) in [5, 5.41) is 0. The predicted octanol–water partition coefficient (Wildman–Crippen LogP) is 3.28. The standard InChI is InChI=1S/C13H21S/c1-14(2)12-8-4-7-11-13-9-5-3-6-10-13/h3,5-6,9-10H,4,7-8,11-12H2,1-2H3/q+1. The van der Waals surface area contributed by atoms with Gasteiger partial charge in [0.15, 0.2) is 0 Å². The lowest BCUT2D eigenvalue weighted by molar-refractivity contribution is 0.721. The van der Waals surface area contributed by atoms with Crippen LogP contribution in [-0.4, -0.2) is 18.3 Å². The maximum atomic E-state index is 2.33. The van der Waals surface area contributed by atoms with Gasteiger partial charge in [0.05, 0.1) is 12.5 Å². The zero-order valence-corrected chi connectivity index (χ0v) is 10.1. The fourth-order valence-corrected chi connectivity index (χ4v) is 2.32. The third-order valence-electron chi connectivity index (χ3n) is 2.36. The molecule has 0 heterocycles. The van der Waals surface area contributed by atoms with E-state index in [2.05, 4.69) is 42.8 Å². The summed E-state index contributed by atoms with van der Waals surface area (Å²) in [6.45, 7) is 0. The second kappa shape index (κ2) is 6.94. The molecule has 0 saturated heterocycles. The molecule has 0 aliphatic rings. The van der Waals surface area contributed by atoms with Gasteiger partial charge in [-0.1, -0.05) is 30.3 Å². The highest BCUT2D eigenvalue weighted by atomic mass is 32.2. The van der Waals surface area contributed by atoms with E-state index in [-0.39, 0.29) is 0 Å². The zero-order valence-electron chi connectivity index (χ0n) is 9.33. The molecule has 0 saturated carbocycles. The summed E-state index contributed by atoms with van der Waals surface area (Å²) in [7, 11) is 0.636. The van der Waals surface area contributed by atoms with Crippen molar-refractivity contribution in [3.05, 3.63) is 35.9 Å². The molecule has 1 aromatic carbocycles. The Hall–Kier alpha value is -0.430. The quantitative estimate of drug-likeness (QED) is 0.498. The molecule has 0 amide bonds. The molecule has 0 radical (unpaired) electrons. The van der Waals surface area contributed by atoms with Crippen LogP contribution < -0.4 is 0 Å². The molecule has 78 valence electrons. The predicted molar refractivity (Wildman–Crippen MR) is 68.1 cm³/mol. The Morgan fingerprint density at radius 2 is 1.64 bits per heavy atom. The molecule has 14 heavy (non-hydrogen) atoms. The van der Waals surface area contributed by atoms with Crippen LogP contribution in [0.3, 0.4) is 0 Å². The summed E-state index contributed by atoms with van der Waals surface area (Å²) < 4.78 is 0. The normalized spacial score (nSPS) is 10.8. The van der Waals surface area contributed by atoms with Gasteiger partial charge in [0.2, 0.25) is 0 Å². The molecule has 0 bridgehead atoms. The molecule has 0 N–H and O–H groups in total. The van der Waals surface area contributed by atoms with Crippen molar-refractivity contribution in [2.24, 2.45) is 0 Å². The first-order valence-electron chi connectivity index (χ1n) is 5.37. The molecule has 0 aliphatic carbocycles. The summed E-state index contributed by atoms with van der Waals surface area (Å²) in [6, 6.07) is 10.8. The summed E-state index contributed by atoms with van der Waals surface area (Å²) >= 11 is 0. The van der Waals surface area contributed by atoms with Crippen molar-refractivity contribution in [3.8, 4) is 0 Å². The molecule has 0 aromatic heterocycles.